The highest BCUT2D eigenvalue weighted by Gasteiger charge is 2.20. The van der Waals surface area contributed by atoms with Crippen molar-refractivity contribution in [1.29, 1.82) is 0 Å². The van der Waals surface area contributed by atoms with Crippen LogP contribution in [0.15, 0.2) is 18.2 Å². The van der Waals surface area contributed by atoms with E-state index < -0.39 is 0 Å². The second-order valence-corrected chi connectivity index (χ2v) is 5.37. The third-order valence-electron chi connectivity index (χ3n) is 3.35. The van der Waals surface area contributed by atoms with Gasteiger partial charge in [0.2, 0.25) is 0 Å². The van der Waals surface area contributed by atoms with Gasteiger partial charge in [-0.05, 0) is 55.5 Å². The number of fused-ring (bicyclic) bond motifs is 1. The molecule has 0 aliphatic heterocycles. The van der Waals surface area contributed by atoms with Crippen molar-refractivity contribution in [3.05, 3.63) is 34.3 Å². The number of halogens is 1. The minimum atomic E-state index is 0.574. The highest BCUT2D eigenvalue weighted by Crippen LogP contribution is 2.25. The molecule has 3 heteroatoms. The number of nitrogens with one attached hydrogen (secondary N) is 1. The minimum Gasteiger partial charge on any atom is -0.381 e. The van der Waals surface area contributed by atoms with Crippen LogP contribution < -0.4 is 5.32 Å². The summed E-state index contributed by atoms with van der Waals surface area (Å²) in [5.74, 6) is 0. The fraction of sp³-hybridized carbons (Fsp3) is 0.600. The van der Waals surface area contributed by atoms with Crippen molar-refractivity contribution >= 4 is 11.6 Å². The van der Waals surface area contributed by atoms with E-state index in [1.165, 1.54) is 11.1 Å². The third-order valence-corrected chi connectivity index (χ3v) is 3.58. The molecule has 1 unspecified atom stereocenters. The molecule has 0 radical (unpaired) electrons. The quantitative estimate of drug-likeness (QED) is 0.766. The summed E-state index contributed by atoms with van der Waals surface area (Å²) in [4.78, 5) is 0. The van der Waals surface area contributed by atoms with Crippen LogP contribution in [-0.4, -0.2) is 25.8 Å². The molecule has 0 fully saturated rings. The van der Waals surface area contributed by atoms with Crippen molar-refractivity contribution in [3.63, 3.8) is 0 Å². The van der Waals surface area contributed by atoms with Crippen molar-refractivity contribution < 1.29 is 4.74 Å². The second-order valence-electron chi connectivity index (χ2n) is 4.94. The molecule has 18 heavy (non-hydrogen) atoms. The lowest BCUT2D eigenvalue weighted by Gasteiger charge is -2.11. The van der Waals surface area contributed by atoms with Crippen LogP contribution in [0.5, 0.6) is 0 Å². The molecule has 0 heterocycles. The Morgan fingerprint density at radius 1 is 1.28 bits per heavy atom. The second kappa shape index (κ2) is 7.13. The molecule has 1 aliphatic carbocycles. The fourth-order valence-corrected chi connectivity index (χ4v) is 2.65. The molecule has 1 aromatic rings. The van der Waals surface area contributed by atoms with Gasteiger partial charge in [-0.25, -0.2) is 0 Å². The van der Waals surface area contributed by atoms with Gasteiger partial charge in [-0.15, -0.1) is 0 Å². The summed E-state index contributed by atoms with van der Waals surface area (Å²) in [6.45, 7) is 4.93. The zero-order valence-electron chi connectivity index (χ0n) is 11.0. The Kier molecular flexibility index (Phi) is 5.48. The highest BCUT2D eigenvalue weighted by molar-refractivity contribution is 6.30. The predicted octanol–water partition coefficient (Wildman–Crippen LogP) is 3.21. The Morgan fingerprint density at radius 2 is 2.11 bits per heavy atom. The number of benzene rings is 1. The summed E-state index contributed by atoms with van der Waals surface area (Å²) in [6.07, 6.45) is 4.42. The van der Waals surface area contributed by atoms with Crippen LogP contribution in [0.3, 0.4) is 0 Å². The SMILES string of the molecule is CCCOCCCNC1Cc2ccc(Cl)cc2C1. The Bertz CT molecular complexity index is 381. The number of hydrogen-bond acceptors (Lipinski definition) is 2. The standard InChI is InChI=1S/C15H22ClNO/c1-2-7-18-8-3-6-17-15-10-12-4-5-14(16)9-13(12)11-15/h4-5,9,15,17H,2-3,6-8,10-11H2,1H3. The summed E-state index contributed by atoms with van der Waals surface area (Å²) < 4.78 is 5.47. The molecule has 0 bridgehead atoms. The lowest BCUT2D eigenvalue weighted by molar-refractivity contribution is 0.131. The zero-order valence-corrected chi connectivity index (χ0v) is 11.8. The van der Waals surface area contributed by atoms with E-state index in [1.54, 1.807) is 0 Å². The summed E-state index contributed by atoms with van der Waals surface area (Å²) in [6, 6.07) is 6.82. The predicted molar refractivity (Wildman–Crippen MR) is 76.4 cm³/mol. The number of hydrogen-bond donors (Lipinski definition) is 1. The van der Waals surface area contributed by atoms with Crippen LogP contribution in [0.4, 0.5) is 0 Å². The van der Waals surface area contributed by atoms with Crippen LogP contribution in [0.25, 0.3) is 0 Å². The van der Waals surface area contributed by atoms with Gasteiger partial charge in [0.25, 0.3) is 0 Å². The average Bonchev–Trinajstić information content (AvgIpc) is 2.75. The van der Waals surface area contributed by atoms with Gasteiger partial charge in [-0.3, -0.25) is 0 Å². The first-order chi connectivity index (χ1) is 8.79. The van der Waals surface area contributed by atoms with Gasteiger partial charge in [0, 0.05) is 24.3 Å². The lowest BCUT2D eigenvalue weighted by atomic mass is 10.1. The largest absolute Gasteiger partial charge is 0.381 e. The molecule has 100 valence electrons. The fourth-order valence-electron chi connectivity index (χ4n) is 2.46. The molecule has 1 aliphatic rings. The van der Waals surface area contributed by atoms with Crippen molar-refractivity contribution in [2.45, 2.75) is 38.6 Å². The molecular weight excluding hydrogens is 246 g/mol. The van der Waals surface area contributed by atoms with Crippen LogP contribution in [0, 0.1) is 0 Å². The third kappa shape index (κ3) is 3.98. The van der Waals surface area contributed by atoms with E-state index in [0.29, 0.717) is 6.04 Å². The van der Waals surface area contributed by atoms with Gasteiger partial charge in [0.1, 0.15) is 0 Å². The maximum absolute atomic E-state index is 6.01. The van der Waals surface area contributed by atoms with E-state index in [-0.39, 0.29) is 0 Å². The van der Waals surface area contributed by atoms with Gasteiger partial charge in [-0.1, -0.05) is 24.6 Å². The maximum Gasteiger partial charge on any atom is 0.0478 e. The Hall–Kier alpha value is -0.570. The number of rotatable bonds is 7. The van der Waals surface area contributed by atoms with Crippen LogP contribution >= 0.6 is 11.6 Å². The van der Waals surface area contributed by atoms with Gasteiger partial charge in [0.15, 0.2) is 0 Å². The van der Waals surface area contributed by atoms with E-state index >= 15 is 0 Å². The van der Waals surface area contributed by atoms with E-state index in [2.05, 4.69) is 24.4 Å². The lowest BCUT2D eigenvalue weighted by Crippen LogP contribution is -2.30. The molecule has 2 nitrogen and oxygen atoms in total. The summed E-state index contributed by atoms with van der Waals surface area (Å²) in [7, 11) is 0. The monoisotopic (exact) mass is 267 g/mol. The van der Waals surface area contributed by atoms with E-state index in [4.69, 9.17) is 16.3 Å². The van der Waals surface area contributed by atoms with E-state index in [0.717, 1.165) is 50.5 Å². The van der Waals surface area contributed by atoms with Gasteiger partial charge in [-0.2, -0.15) is 0 Å². The molecular formula is C15H22ClNO. The molecule has 0 saturated heterocycles. The molecule has 1 N–H and O–H groups in total. The summed E-state index contributed by atoms with van der Waals surface area (Å²) in [5, 5.41) is 4.45. The minimum absolute atomic E-state index is 0.574. The summed E-state index contributed by atoms with van der Waals surface area (Å²) in [5.41, 5.74) is 2.85. The first-order valence-corrected chi connectivity index (χ1v) is 7.26. The topological polar surface area (TPSA) is 21.3 Å². The molecule has 0 aromatic heterocycles. The smallest absolute Gasteiger partial charge is 0.0478 e. The Balaban J connectivity index is 1.65. The van der Waals surface area contributed by atoms with E-state index in [9.17, 15) is 0 Å². The van der Waals surface area contributed by atoms with Crippen molar-refractivity contribution in [3.8, 4) is 0 Å². The average molecular weight is 268 g/mol. The first-order valence-electron chi connectivity index (χ1n) is 6.88. The van der Waals surface area contributed by atoms with Crippen molar-refractivity contribution in [1.82, 2.24) is 5.32 Å². The number of ether oxygens (including phenoxy) is 1. The Morgan fingerprint density at radius 3 is 2.94 bits per heavy atom. The van der Waals surface area contributed by atoms with Crippen molar-refractivity contribution in [2.75, 3.05) is 19.8 Å². The van der Waals surface area contributed by atoms with Crippen molar-refractivity contribution in [2.24, 2.45) is 0 Å². The molecule has 1 aromatic carbocycles. The summed E-state index contributed by atoms with van der Waals surface area (Å²) >= 11 is 6.01. The van der Waals surface area contributed by atoms with Gasteiger partial charge in [0.05, 0.1) is 0 Å². The Labute approximate surface area is 115 Å². The zero-order chi connectivity index (χ0) is 12.8. The molecule has 0 amide bonds. The van der Waals surface area contributed by atoms with Crippen LogP contribution in [-0.2, 0) is 17.6 Å². The normalized spacial score (nSPS) is 18.0. The molecule has 2 rings (SSSR count). The van der Waals surface area contributed by atoms with Crippen LogP contribution in [0.1, 0.15) is 30.9 Å². The molecule has 0 spiro atoms. The highest BCUT2D eigenvalue weighted by atomic mass is 35.5. The maximum atomic E-state index is 6.01. The van der Waals surface area contributed by atoms with E-state index in [1.807, 2.05) is 6.07 Å². The molecule has 0 saturated carbocycles. The van der Waals surface area contributed by atoms with Crippen LogP contribution in [0.2, 0.25) is 5.02 Å². The van der Waals surface area contributed by atoms with Gasteiger partial charge < -0.3 is 10.1 Å². The van der Waals surface area contributed by atoms with Gasteiger partial charge >= 0.3 is 0 Å². The first kappa shape index (κ1) is 13.9. The molecule has 1 atom stereocenters.